The molecule has 0 aliphatic carbocycles. The Kier molecular flexibility index (Phi) is 4.54. The lowest BCUT2D eigenvalue weighted by Gasteiger charge is -2.27. The minimum Gasteiger partial charge on any atom is -0.361 e. The largest absolute Gasteiger partial charge is 0.361 e. The van der Waals surface area contributed by atoms with Gasteiger partial charge >= 0.3 is 0 Å². The number of aromatic amines is 1. The van der Waals surface area contributed by atoms with Crippen molar-refractivity contribution in [2.24, 2.45) is 7.05 Å². The number of H-pyrrole nitrogens is 1. The summed E-state index contributed by atoms with van der Waals surface area (Å²) < 4.78 is 1.87. The molecule has 1 N–H and O–H groups in total. The van der Waals surface area contributed by atoms with E-state index in [0.717, 1.165) is 13.0 Å². The molecule has 0 saturated heterocycles. The van der Waals surface area contributed by atoms with Crippen LogP contribution in [0, 0.1) is 0 Å². The van der Waals surface area contributed by atoms with Crippen molar-refractivity contribution in [3.63, 3.8) is 0 Å². The van der Waals surface area contributed by atoms with Gasteiger partial charge in [-0.05, 0) is 42.8 Å². The lowest BCUT2D eigenvalue weighted by molar-refractivity contribution is 0.283. The normalized spacial score (nSPS) is 12.7. The average Bonchev–Trinajstić information content (AvgIpc) is 3.28. The topological polar surface area (TPSA) is 49.7 Å². The summed E-state index contributed by atoms with van der Waals surface area (Å²) in [7, 11) is 4.15. The molecule has 0 amide bonds. The Morgan fingerprint density at radius 2 is 1.96 bits per heavy atom. The van der Waals surface area contributed by atoms with Gasteiger partial charge in [-0.3, -0.25) is 14.6 Å². The number of fused-ring (bicyclic) bond motifs is 1. The quantitative estimate of drug-likeness (QED) is 0.581. The number of nitrogens with one attached hydrogen (secondary N) is 1. The van der Waals surface area contributed by atoms with E-state index in [2.05, 4.69) is 75.8 Å². The Labute approximate surface area is 153 Å². The van der Waals surface area contributed by atoms with Crippen LogP contribution >= 0.6 is 0 Å². The summed E-state index contributed by atoms with van der Waals surface area (Å²) in [5.74, 6) is 0. The van der Waals surface area contributed by atoms with Crippen LogP contribution in [0.1, 0.15) is 22.7 Å². The van der Waals surface area contributed by atoms with Crippen molar-refractivity contribution in [2.75, 3.05) is 13.6 Å². The lowest BCUT2D eigenvalue weighted by atomic mass is 9.99. The molecule has 3 heterocycles. The summed E-state index contributed by atoms with van der Waals surface area (Å²) >= 11 is 0. The minimum absolute atomic E-state index is 0.154. The van der Waals surface area contributed by atoms with Crippen molar-refractivity contribution in [3.05, 3.63) is 84.1 Å². The second-order valence-corrected chi connectivity index (χ2v) is 6.73. The summed E-state index contributed by atoms with van der Waals surface area (Å²) in [6.07, 6.45) is 10.9. The molecule has 0 aliphatic heterocycles. The highest BCUT2D eigenvalue weighted by atomic mass is 15.2. The Hall–Kier alpha value is -2.92. The number of likely N-dealkylation sites (N-methyl/N-ethyl adjacent to an activating group) is 1. The van der Waals surface area contributed by atoms with Crippen LogP contribution in [-0.4, -0.2) is 38.2 Å². The summed E-state index contributed by atoms with van der Waals surface area (Å²) in [6.45, 7) is 0.948. The van der Waals surface area contributed by atoms with Gasteiger partial charge in [0.05, 0.1) is 12.2 Å². The van der Waals surface area contributed by atoms with Crippen molar-refractivity contribution in [2.45, 2.75) is 12.5 Å². The maximum atomic E-state index is 4.40. The van der Waals surface area contributed by atoms with Crippen molar-refractivity contribution >= 4 is 10.9 Å². The number of aryl methyl sites for hydroxylation is 1. The van der Waals surface area contributed by atoms with Gasteiger partial charge in [-0.15, -0.1) is 0 Å². The van der Waals surface area contributed by atoms with E-state index in [0.29, 0.717) is 0 Å². The highest BCUT2D eigenvalue weighted by Gasteiger charge is 2.23. The first-order valence-electron chi connectivity index (χ1n) is 8.86. The Morgan fingerprint density at radius 3 is 2.73 bits per heavy atom. The number of rotatable bonds is 6. The fourth-order valence-electron chi connectivity index (χ4n) is 3.56. The fraction of sp³-hybridized carbons (Fsp3) is 0.238. The second-order valence-electron chi connectivity index (χ2n) is 6.73. The molecule has 1 atom stereocenters. The van der Waals surface area contributed by atoms with E-state index in [1.165, 1.54) is 27.6 Å². The number of nitrogens with zero attached hydrogens (tertiary/aromatic N) is 4. The first-order chi connectivity index (χ1) is 12.7. The molecular weight excluding hydrogens is 322 g/mol. The first-order valence-corrected chi connectivity index (χ1v) is 8.86. The molecule has 1 unspecified atom stereocenters. The summed E-state index contributed by atoms with van der Waals surface area (Å²) in [6, 6.07) is 12.8. The standard InChI is InChI=1S/C21H23N5/c1-25(12-9-16-7-10-22-11-8-16)21(17-13-24-26(2)15-17)19-14-23-20-6-4-3-5-18(19)20/h3-8,10-11,13-15,21,23H,9,12H2,1-2H3. The molecule has 1 aromatic carbocycles. The van der Waals surface area contributed by atoms with Crippen LogP contribution in [-0.2, 0) is 13.5 Å². The molecule has 4 rings (SSSR count). The molecular formula is C21H23N5. The monoisotopic (exact) mass is 345 g/mol. The Bertz CT molecular complexity index is 986. The number of benzene rings is 1. The van der Waals surface area contributed by atoms with Crippen LogP contribution in [0.3, 0.4) is 0 Å². The highest BCUT2D eigenvalue weighted by Crippen LogP contribution is 2.32. The van der Waals surface area contributed by atoms with Crippen molar-refractivity contribution in [1.82, 2.24) is 24.6 Å². The minimum atomic E-state index is 0.154. The van der Waals surface area contributed by atoms with E-state index in [4.69, 9.17) is 0 Å². The van der Waals surface area contributed by atoms with Gasteiger partial charge in [0, 0.05) is 54.8 Å². The van der Waals surface area contributed by atoms with Gasteiger partial charge in [0.1, 0.15) is 0 Å². The van der Waals surface area contributed by atoms with Crippen LogP contribution < -0.4 is 0 Å². The lowest BCUT2D eigenvalue weighted by Crippen LogP contribution is -2.27. The zero-order valence-corrected chi connectivity index (χ0v) is 15.1. The van der Waals surface area contributed by atoms with E-state index in [9.17, 15) is 0 Å². The first kappa shape index (κ1) is 16.5. The van der Waals surface area contributed by atoms with Crippen LogP contribution in [0.4, 0.5) is 0 Å². The van der Waals surface area contributed by atoms with Crippen LogP contribution in [0.2, 0.25) is 0 Å². The summed E-state index contributed by atoms with van der Waals surface area (Å²) in [4.78, 5) is 9.91. The molecule has 132 valence electrons. The zero-order chi connectivity index (χ0) is 17.9. The molecule has 0 spiro atoms. The average molecular weight is 345 g/mol. The molecule has 4 aromatic rings. The second kappa shape index (κ2) is 7.14. The maximum Gasteiger partial charge on any atom is 0.0651 e. The van der Waals surface area contributed by atoms with Gasteiger partial charge in [0.2, 0.25) is 0 Å². The van der Waals surface area contributed by atoms with Gasteiger partial charge in [0.15, 0.2) is 0 Å². The number of hydrogen-bond donors (Lipinski definition) is 1. The third kappa shape index (κ3) is 3.26. The van der Waals surface area contributed by atoms with Crippen molar-refractivity contribution < 1.29 is 0 Å². The van der Waals surface area contributed by atoms with E-state index < -0.39 is 0 Å². The predicted molar refractivity (Wildman–Crippen MR) is 104 cm³/mol. The van der Waals surface area contributed by atoms with Crippen LogP contribution in [0.15, 0.2) is 67.4 Å². The molecule has 5 heteroatoms. The maximum absolute atomic E-state index is 4.40. The molecule has 5 nitrogen and oxygen atoms in total. The van der Waals surface area contributed by atoms with Gasteiger partial charge in [-0.2, -0.15) is 5.10 Å². The van der Waals surface area contributed by atoms with E-state index in [1.807, 2.05) is 30.3 Å². The van der Waals surface area contributed by atoms with Crippen molar-refractivity contribution in [3.8, 4) is 0 Å². The highest BCUT2D eigenvalue weighted by molar-refractivity contribution is 5.84. The Balaban J connectivity index is 1.67. The summed E-state index contributed by atoms with van der Waals surface area (Å²) in [5.41, 5.74) is 4.95. The van der Waals surface area contributed by atoms with Gasteiger partial charge in [0.25, 0.3) is 0 Å². The fourth-order valence-corrected chi connectivity index (χ4v) is 3.56. The van der Waals surface area contributed by atoms with E-state index in [-0.39, 0.29) is 6.04 Å². The Morgan fingerprint density at radius 1 is 1.15 bits per heavy atom. The zero-order valence-electron chi connectivity index (χ0n) is 15.1. The van der Waals surface area contributed by atoms with E-state index in [1.54, 1.807) is 0 Å². The number of hydrogen-bond acceptors (Lipinski definition) is 3. The van der Waals surface area contributed by atoms with Crippen LogP contribution in [0.25, 0.3) is 10.9 Å². The molecule has 0 radical (unpaired) electrons. The van der Waals surface area contributed by atoms with Gasteiger partial charge in [-0.1, -0.05) is 18.2 Å². The third-order valence-corrected chi connectivity index (χ3v) is 4.90. The van der Waals surface area contributed by atoms with Crippen molar-refractivity contribution in [1.29, 1.82) is 0 Å². The molecule has 26 heavy (non-hydrogen) atoms. The molecule has 0 saturated carbocycles. The number of para-hydroxylation sites is 1. The molecule has 0 fully saturated rings. The SMILES string of the molecule is CN(CCc1ccncc1)C(c1cnn(C)c1)c1c[nH]c2ccccc12. The number of aromatic nitrogens is 4. The predicted octanol–water partition coefficient (Wildman–Crippen LogP) is 3.56. The van der Waals surface area contributed by atoms with Gasteiger partial charge in [-0.25, -0.2) is 0 Å². The van der Waals surface area contributed by atoms with Crippen LogP contribution in [0.5, 0.6) is 0 Å². The molecule has 0 bridgehead atoms. The van der Waals surface area contributed by atoms with Gasteiger partial charge < -0.3 is 4.98 Å². The smallest absolute Gasteiger partial charge is 0.0651 e. The summed E-state index contributed by atoms with van der Waals surface area (Å²) in [5, 5.41) is 5.66. The third-order valence-electron chi connectivity index (χ3n) is 4.90. The molecule has 3 aromatic heterocycles. The molecule has 0 aliphatic rings. The van der Waals surface area contributed by atoms with E-state index >= 15 is 0 Å². The number of pyridine rings is 1.